The minimum atomic E-state index is -0.170. The number of benzene rings is 8. The highest BCUT2D eigenvalue weighted by atomic mass is 15.2. The second-order valence-electron chi connectivity index (χ2n) is 17.5. The van der Waals surface area contributed by atoms with Crippen molar-refractivity contribution in [2.24, 2.45) is 0 Å². The van der Waals surface area contributed by atoms with Gasteiger partial charge in [0, 0.05) is 27.3 Å². The van der Waals surface area contributed by atoms with E-state index in [4.69, 9.17) is 0 Å². The van der Waals surface area contributed by atoms with Crippen molar-refractivity contribution in [3.63, 3.8) is 0 Å². The van der Waals surface area contributed by atoms with E-state index >= 15 is 0 Å². The third-order valence-electron chi connectivity index (χ3n) is 13.9. The summed E-state index contributed by atoms with van der Waals surface area (Å²) in [5.74, 6) is 0. The lowest BCUT2D eigenvalue weighted by molar-refractivity contribution is 0.660. The fourth-order valence-corrected chi connectivity index (χ4v) is 11.2. The van der Waals surface area contributed by atoms with E-state index < -0.39 is 0 Å². The second-order valence-corrected chi connectivity index (χ2v) is 17.5. The van der Waals surface area contributed by atoms with Gasteiger partial charge < -0.3 is 4.90 Å². The van der Waals surface area contributed by atoms with Gasteiger partial charge in [-0.15, -0.1) is 0 Å². The standard InChI is InChI=1S/C56H43N/c1-55(2)44-25-13-11-23-41(44)51-46(55)32-31-38-43(33-47-52(53(38)51)42-24-12-14-26-45(42)56(47,3)4)50-36-19-7-9-21-39(36)54(40-22-10-8-20-37(40)50)57-48-27-15-5-17-34(48)29-30-35-18-6-16-28-49(35)57/h5-15,17-27,29-33H,16,28H2,1-4H3. The van der Waals surface area contributed by atoms with E-state index in [-0.39, 0.29) is 10.8 Å². The van der Waals surface area contributed by atoms with Gasteiger partial charge in [0.05, 0.1) is 11.4 Å². The molecule has 8 aromatic carbocycles. The van der Waals surface area contributed by atoms with Crippen LogP contribution in [0.5, 0.6) is 0 Å². The summed E-state index contributed by atoms with van der Waals surface area (Å²) in [4.78, 5) is 2.61. The fourth-order valence-electron chi connectivity index (χ4n) is 11.2. The summed E-state index contributed by atoms with van der Waals surface area (Å²) in [7, 11) is 0. The summed E-state index contributed by atoms with van der Waals surface area (Å²) in [5.41, 5.74) is 19.9. The van der Waals surface area contributed by atoms with Crippen molar-refractivity contribution in [2.75, 3.05) is 4.90 Å². The highest BCUT2D eigenvalue weighted by Crippen LogP contribution is 2.60. The molecule has 1 heteroatoms. The Bertz CT molecular complexity index is 3110. The second kappa shape index (κ2) is 11.6. The third-order valence-corrected chi connectivity index (χ3v) is 13.9. The SMILES string of the molecule is CC1(C)c2ccccc2-c2c1ccc1c(-c3c4ccccc4c(N4C5=C(C=CCC5)C=Cc5ccccc54)c4ccccc34)cc3c(c21)-c1ccccc1C3(C)C. The van der Waals surface area contributed by atoms with Crippen LogP contribution in [0.1, 0.15) is 68.4 Å². The molecule has 0 N–H and O–H groups in total. The first-order valence-electron chi connectivity index (χ1n) is 20.6. The van der Waals surface area contributed by atoms with Crippen LogP contribution >= 0.6 is 0 Å². The highest BCUT2D eigenvalue weighted by molar-refractivity contribution is 6.26. The maximum Gasteiger partial charge on any atom is 0.0616 e. The zero-order valence-corrected chi connectivity index (χ0v) is 32.9. The fraction of sp³-hybridized carbons (Fsp3) is 0.143. The van der Waals surface area contributed by atoms with Crippen LogP contribution in [0.15, 0.2) is 169 Å². The summed E-state index contributed by atoms with van der Waals surface area (Å²) in [6, 6.07) is 53.2. The lowest BCUT2D eigenvalue weighted by Crippen LogP contribution is -2.20. The molecule has 0 bridgehead atoms. The van der Waals surface area contributed by atoms with Crippen molar-refractivity contribution in [3.8, 4) is 33.4 Å². The number of hydrogen-bond donors (Lipinski definition) is 0. The Kier molecular flexibility index (Phi) is 6.64. The molecule has 1 nitrogen and oxygen atoms in total. The summed E-state index contributed by atoms with van der Waals surface area (Å²) in [6.07, 6.45) is 11.3. The van der Waals surface area contributed by atoms with Gasteiger partial charge in [-0.25, -0.2) is 0 Å². The molecule has 0 aromatic heterocycles. The molecule has 272 valence electrons. The van der Waals surface area contributed by atoms with E-state index in [9.17, 15) is 0 Å². The van der Waals surface area contributed by atoms with Gasteiger partial charge in [0.25, 0.3) is 0 Å². The normalized spacial score (nSPS) is 16.7. The van der Waals surface area contributed by atoms with Crippen molar-refractivity contribution in [2.45, 2.75) is 51.4 Å². The predicted molar refractivity (Wildman–Crippen MR) is 243 cm³/mol. The Morgan fingerprint density at radius 2 is 1.04 bits per heavy atom. The average Bonchev–Trinajstić information content (AvgIpc) is 3.53. The Balaban J connectivity index is 1.25. The van der Waals surface area contributed by atoms with Crippen LogP contribution in [-0.4, -0.2) is 0 Å². The topological polar surface area (TPSA) is 3.24 Å². The van der Waals surface area contributed by atoms with Gasteiger partial charge in [-0.3, -0.25) is 0 Å². The Labute approximate surface area is 334 Å². The van der Waals surface area contributed by atoms with Gasteiger partial charge >= 0.3 is 0 Å². The van der Waals surface area contributed by atoms with Crippen LogP contribution in [-0.2, 0) is 10.8 Å². The molecule has 3 aliphatic carbocycles. The maximum absolute atomic E-state index is 2.61. The zero-order valence-electron chi connectivity index (χ0n) is 32.9. The van der Waals surface area contributed by atoms with Gasteiger partial charge in [0.15, 0.2) is 0 Å². The van der Waals surface area contributed by atoms with Crippen LogP contribution in [0, 0.1) is 0 Å². The number of hydrogen-bond acceptors (Lipinski definition) is 1. The first kappa shape index (κ1) is 32.8. The van der Waals surface area contributed by atoms with E-state index in [1.807, 2.05) is 0 Å². The summed E-state index contributed by atoms with van der Waals surface area (Å²) < 4.78 is 0. The molecule has 1 aliphatic heterocycles. The molecule has 4 aliphatic rings. The number of allylic oxidation sites excluding steroid dienone is 5. The number of rotatable bonds is 2. The molecular weight excluding hydrogens is 687 g/mol. The van der Waals surface area contributed by atoms with Crippen molar-refractivity contribution in [3.05, 3.63) is 197 Å². The van der Waals surface area contributed by atoms with Gasteiger partial charge in [-0.05, 0) is 113 Å². The van der Waals surface area contributed by atoms with Crippen LogP contribution in [0.4, 0.5) is 11.4 Å². The van der Waals surface area contributed by atoms with Gasteiger partial charge in [0.2, 0.25) is 0 Å². The molecule has 57 heavy (non-hydrogen) atoms. The van der Waals surface area contributed by atoms with Crippen LogP contribution in [0.25, 0.3) is 71.8 Å². The first-order chi connectivity index (χ1) is 27.8. The minimum Gasteiger partial charge on any atom is -0.312 e. The quantitative estimate of drug-likeness (QED) is 0.160. The average molecular weight is 730 g/mol. The van der Waals surface area contributed by atoms with Crippen molar-refractivity contribution in [1.82, 2.24) is 0 Å². The zero-order chi connectivity index (χ0) is 38.2. The first-order valence-corrected chi connectivity index (χ1v) is 20.6. The van der Waals surface area contributed by atoms with Gasteiger partial charge in [-0.1, -0.05) is 179 Å². The molecule has 0 spiro atoms. The van der Waals surface area contributed by atoms with Crippen LogP contribution in [0.2, 0.25) is 0 Å². The smallest absolute Gasteiger partial charge is 0.0616 e. The van der Waals surface area contributed by atoms with E-state index in [2.05, 4.69) is 196 Å². The van der Waals surface area contributed by atoms with Crippen molar-refractivity contribution >= 4 is 49.8 Å². The monoisotopic (exact) mass is 729 g/mol. The third kappa shape index (κ3) is 4.29. The largest absolute Gasteiger partial charge is 0.312 e. The number of para-hydroxylation sites is 1. The number of fused-ring (bicyclic) bond motifs is 12. The molecule has 0 saturated heterocycles. The summed E-state index contributed by atoms with van der Waals surface area (Å²) in [6.45, 7) is 9.68. The van der Waals surface area contributed by atoms with E-state index in [1.54, 1.807) is 0 Å². The van der Waals surface area contributed by atoms with E-state index in [0.29, 0.717) is 0 Å². The summed E-state index contributed by atoms with van der Waals surface area (Å²) >= 11 is 0. The molecule has 0 unspecified atom stereocenters. The van der Waals surface area contributed by atoms with Crippen LogP contribution in [0.3, 0.4) is 0 Å². The summed E-state index contributed by atoms with van der Waals surface area (Å²) in [5, 5.41) is 7.82. The molecule has 12 rings (SSSR count). The minimum absolute atomic E-state index is 0.0994. The molecule has 0 atom stereocenters. The van der Waals surface area contributed by atoms with E-state index in [0.717, 1.165) is 12.8 Å². The molecular formula is C56H43N. The Hall–Kier alpha value is -6.44. The van der Waals surface area contributed by atoms with Crippen molar-refractivity contribution < 1.29 is 0 Å². The molecule has 8 aromatic rings. The molecule has 0 fully saturated rings. The van der Waals surface area contributed by atoms with E-state index in [1.165, 1.54) is 116 Å². The molecule has 0 saturated carbocycles. The maximum atomic E-state index is 2.61. The molecule has 0 radical (unpaired) electrons. The van der Waals surface area contributed by atoms with Crippen LogP contribution < -0.4 is 4.90 Å². The molecule has 1 heterocycles. The van der Waals surface area contributed by atoms with Gasteiger partial charge in [0.1, 0.15) is 0 Å². The number of nitrogens with zero attached hydrogens (tertiary/aromatic N) is 1. The predicted octanol–water partition coefficient (Wildman–Crippen LogP) is 15.2. The number of anilines is 2. The Morgan fingerprint density at radius 1 is 0.456 bits per heavy atom. The highest BCUT2D eigenvalue weighted by Gasteiger charge is 2.42. The Morgan fingerprint density at radius 3 is 1.74 bits per heavy atom. The lowest BCUT2D eigenvalue weighted by Gasteiger charge is -2.33. The van der Waals surface area contributed by atoms with Crippen molar-refractivity contribution in [1.29, 1.82) is 0 Å². The lowest BCUT2D eigenvalue weighted by atomic mass is 9.77. The van der Waals surface area contributed by atoms with Gasteiger partial charge in [-0.2, -0.15) is 0 Å². The molecule has 0 amide bonds.